The van der Waals surface area contributed by atoms with Crippen LogP contribution in [0, 0.1) is 6.92 Å². The Kier molecular flexibility index (Phi) is 2.63. The molecule has 3 nitrogen and oxygen atoms in total. The molecule has 0 aliphatic carbocycles. The van der Waals surface area contributed by atoms with Gasteiger partial charge in [0.2, 0.25) is 0 Å². The third kappa shape index (κ3) is 1.95. The Morgan fingerprint density at radius 3 is 3.00 bits per heavy atom. The molecule has 2 aliphatic heterocycles. The van der Waals surface area contributed by atoms with Crippen molar-refractivity contribution in [3.63, 3.8) is 0 Å². The SMILES string of the molecule is Cc1ccccc1C1=NOC2(CCCNC2)C1. The Hall–Kier alpha value is -1.35. The normalized spacial score (nSPS) is 27.9. The molecular weight excluding hydrogens is 212 g/mol. The first-order chi connectivity index (χ1) is 8.29. The van der Waals surface area contributed by atoms with Crippen LogP contribution < -0.4 is 5.32 Å². The van der Waals surface area contributed by atoms with Gasteiger partial charge in [0.15, 0.2) is 5.60 Å². The third-order valence-corrected chi connectivity index (χ3v) is 3.73. The van der Waals surface area contributed by atoms with Gasteiger partial charge in [-0.2, -0.15) is 0 Å². The van der Waals surface area contributed by atoms with Crippen LogP contribution in [0.15, 0.2) is 29.4 Å². The number of aryl methyl sites for hydroxylation is 1. The Morgan fingerprint density at radius 2 is 2.24 bits per heavy atom. The summed E-state index contributed by atoms with van der Waals surface area (Å²) in [7, 11) is 0. The third-order valence-electron chi connectivity index (χ3n) is 3.73. The van der Waals surface area contributed by atoms with Crippen LogP contribution in [-0.2, 0) is 4.84 Å². The van der Waals surface area contributed by atoms with Gasteiger partial charge in [0.1, 0.15) is 0 Å². The fourth-order valence-electron chi connectivity index (χ4n) is 2.73. The largest absolute Gasteiger partial charge is 0.387 e. The molecule has 1 unspecified atom stereocenters. The van der Waals surface area contributed by atoms with Crippen LogP contribution in [0.2, 0.25) is 0 Å². The van der Waals surface area contributed by atoms with Gasteiger partial charge in [-0.3, -0.25) is 0 Å². The van der Waals surface area contributed by atoms with E-state index in [2.05, 4.69) is 41.7 Å². The van der Waals surface area contributed by atoms with Crippen molar-refractivity contribution in [2.45, 2.75) is 31.8 Å². The van der Waals surface area contributed by atoms with Crippen molar-refractivity contribution < 1.29 is 4.84 Å². The lowest BCUT2D eigenvalue weighted by Crippen LogP contribution is -2.45. The van der Waals surface area contributed by atoms with Crippen molar-refractivity contribution in [3.8, 4) is 0 Å². The number of nitrogens with zero attached hydrogens (tertiary/aromatic N) is 1. The lowest BCUT2D eigenvalue weighted by atomic mass is 9.87. The molecule has 1 fully saturated rings. The number of piperidine rings is 1. The fourth-order valence-corrected chi connectivity index (χ4v) is 2.73. The average molecular weight is 230 g/mol. The van der Waals surface area contributed by atoms with Gasteiger partial charge in [0.25, 0.3) is 0 Å². The maximum absolute atomic E-state index is 5.73. The van der Waals surface area contributed by atoms with Gasteiger partial charge in [-0.05, 0) is 31.9 Å². The molecule has 0 saturated carbocycles. The molecule has 17 heavy (non-hydrogen) atoms. The van der Waals surface area contributed by atoms with Gasteiger partial charge in [-0.1, -0.05) is 29.4 Å². The van der Waals surface area contributed by atoms with E-state index in [1.807, 2.05) is 0 Å². The van der Waals surface area contributed by atoms with Crippen LogP contribution in [-0.4, -0.2) is 24.4 Å². The molecule has 1 saturated heterocycles. The molecule has 3 rings (SSSR count). The van der Waals surface area contributed by atoms with Crippen molar-refractivity contribution in [1.82, 2.24) is 5.32 Å². The molecule has 0 aromatic heterocycles. The summed E-state index contributed by atoms with van der Waals surface area (Å²) in [6.45, 7) is 4.15. The predicted octanol–water partition coefficient (Wildman–Crippen LogP) is 2.24. The fraction of sp³-hybridized carbons (Fsp3) is 0.500. The number of hydrogen-bond acceptors (Lipinski definition) is 3. The first-order valence-electron chi connectivity index (χ1n) is 6.31. The quantitative estimate of drug-likeness (QED) is 0.802. The number of nitrogens with one attached hydrogen (secondary N) is 1. The number of hydrogen-bond donors (Lipinski definition) is 1. The zero-order chi connectivity index (χ0) is 11.7. The Balaban J connectivity index is 1.81. The van der Waals surface area contributed by atoms with Gasteiger partial charge < -0.3 is 10.2 Å². The molecule has 0 bridgehead atoms. The van der Waals surface area contributed by atoms with Crippen molar-refractivity contribution in [3.05, 3.63) is 35.4 Å². The molecule has 2 aliphatic rings. The highest BCUT2D eigenvalue weighted by atomic mass is 16.7. The van der Waals surface area contributed by atoms with Gasteiger partial charge in [0, 0.05) is 18.5 Å². The van der Waals surface area contributed by atoms with Crippen LogP contribution in [0.3, 0.4) is 0 Å². The topological polar surface area (TPSA) is 33.6 Å². The zero-order valence-corrected chi connectivity index (χ0v) is 10.2. The summed E-state index contributed by atoms with van der Waals surface area (Å²) in [6.07, 6.45) is 3.22. The minimum absolute atomic E-state index is 0.0735. The molecule has 0 amide bonds. The summed E-state index contributed by atoms with van der Waals surface area (Å²) in [5.74, 6) is 0. The Bertz CT molecular complexity index is 447. The van der Waals surface area contributed by atoms with E-state index in [0.29, 0.717) is 0 Å². The van der Waals surface area contributed by atoms with E-state index in [-0.39, 0.29) is 5.60 Å². The second-order valence-electron chi connectivity index (χ2n) is 5.08. The molecule has 1 atom stereocenters. The monoisotopic (exact) mass is 230 g/mol. The van der Waals surface area contributed by atoms with Gasteiger partial charge in [0.05, 0.1) is 5.71 Å². The minimum atomic E-state index is -0.0735. The Morgan fingerprint density at radius 1 is 1.35 bits per heavy atom. The van der Waals surface area contributed by atoms with Crippen LogP contribution >= 0.6 is 0 Å². The van der Waals surface area contributed by atoms with Gasteiger partial charge >= 0.3 is 0 Å². The van der Waals surface area contributed by atoms with Crippen molar-refractivity contribution >= 4 is 5.71 Å². The van der Waals surface area contributed by atoms with E-state index in [1.165, 1.54) is 17.5 Å². The summed E-state index contributed by atoms with van der Waals surface area (Å²) < 4.78 is 0. The Labute approximate surface area is 102 Å². The summed E-state index contributed by atoms with van der Waals surface area (Å²) in [5, 5.41) is 7.73. The maximum atomic E-state index is 5.73. The minimum Gasteiger partial charge on any atom is -0.387 e. The van der Waals surface area contributed by atoms with Crippen LogP contribution in [0.5, 0.6) is 0 Å². The highest BCUT2D eigenvalue weighted by molar-refractivity contribution is 6.02. The number of benzene rings is 1. The molecule has 1 aromatic carbocycles. The molecule has 0 radical (unpaired) electrons. The molecule has 1 spiro atoms. The van der Waals surface area contributed by atoms with Crippen molar-refractivity contribution in [1.29, 1.82) is 0 Å². The zero-order valence-electron chi connectivity index (χ0n) is 10.2. The summed E-state index contributed by atoms with van der Waals surface area (Å²) in [4.78, 5) is 5.73. The predicted molar refractivity (Wildman–Crippen MR) is 68.3 cm³/mol. The first kappa shape index (κ1) is 10.8. The molecule has 3 heteroatoms. The lowest BCUT2D eigenvalue weighted by molar-refractivity contribution is -0.0347. The van der Waals surface area contributed by atoms with Gasteiger partial charge in [-0.15, -0.1) is 0 Å². The van der Waals surface area contributed by atoms with E-state index in [4.69, 9.17) is 4.84 Å². The smallest absolute Gasteiger partial charge is 0.155 e. The summed E-state index contributed by atoms with van der Waals surface area (Å²) in [5.41, 5.74) is 3.54. The average Bonchev–Trinajstić information content (AvgIpc) is 2.74. The molecule has 90 valence electrons. The maximum Gasteiger partial charge on any atom is 0.155 e. The molecule has 1 N–H and O–H groups in total. The number of rotatable bonds is 1. The van der Waals surface area contributed by atoms with Gasteiger partial charge in [-0.25, -0.2) is 0 Å². The second-order valence-corrected chi connectivity index (χ2v) is 5.08. The standard InChI is InChI=1S/C14H18N2O/c1-11-5-2-3-6-12(11)13-9-14(17-16-13)7-4-8-15-10-14/h2-3,5-6,15H,4,7-10H2,1H3. The van der Waals surface area contributed by atoms with E-state index >= 15 is 0 Å². The van der Waals surface area contributed by atoms with Crippen LogP contribution in [0.25, 0.3) is 0 Å². The van der Waals surface area contributed by atoms with Crippen molar-refractivity contribution in [2.75, 3.05) is 13.1 Å². The second kappa shape index (κ2) is 4.15. The molecule has 2 heterocycles. The molecule has 1 aromatic rings. The first-order valence-corrected chi connectivity index (χ1v) is 6.31. The summed E-state index contributed by atoms with van der Waals surface area (Å²) in [6, 6.07) is 8.39. The van der Waals surface area contributed by atoms with Crippen molar-refractivity contribution in [2.24, 2.45) is 5.16 Å². The highest BCUT2D eigenvalue weighted by Gasteiger charge is 2.40. The summed E-state index contributed by atoms with van der Waals surface area (Å²) >= 11 is 0. The van der Waals surface area contributed by atoms with E-state index < -0.39 is 0 Å². The van der Waals surface area contributed by atoms with E-state index in [9.17, 15) is 0 Å². The van der Waals surface area contributed by atoms with Crippen LogP contribution in [0.1, 0.15) is 30.4 Å². The van der Waals surface area contributed by atoms with E-state index in [0.717, 1.165) is 31.6 Å². The van der Waals surface area contributed by atoms with Crippen LogP contribution in [0.4, 0.5) is 0 Å². The lowest BCUT2D eigenvalue weighted by Gasteiger charge is -2.31. The van der Waals surface area contributed by atoms with E-state index in [1.54, 1.807) is 0 Å². The molecular formula is C14H18N2O. The highest BCUT2D eigenvalue weighted by Crippen LogP contribution is 2.32. The number of oxime groups is 1.